The Morgan fingerprint density at radius 3 is 1.93 bits per heavy atom. The van der Waals surface area contributed by atoms with Crippen LogP contribution in [0.5, 0.6) is 0 Å². The van der Waals surface area contributed by atoms with E-state index in [1.165, 1.54) is 0 Å². The Balaban J connectivity index is 3.87. The lowest BCUT2D eigenvalue weighted by Crippen LogP contribution is -2.32. The largest absolute Gasteiger partial charge is 0.414 e. The van der Waals surface area contributed by atoms with Gasteiger partial charge in [0.05, 0.1) is 5.60 Å². The van der Waals surface area contributed by atoms with Crippen LogP contribution in [0.15, 0.2) is 0 Å². The molecule has 0 N–H and O–H groups in total. The lowest BCUT2D eigenvalue weighted by atomic mass is 9.48. The molecule has 0 radical (unpaired) electrons. The van der Waals surface area contributed by atoms with Gasteiger partial charge >= 0.3 is 0 Å². The molecule has 0 bridgehead atoms. The van der Waals surface area contributed by atoms with E-state index >= 15 is 0 Å². The van der Waals surface area contributed by atoms with Crippen LogP contribution in [-0.4, -0.2) is 19.3 Å². The monoisotopic (exact) mass is 214 g/mol. The van der Waals surface area contributed by atoms with Gasteiger partial charge in [0.15, 0.2) is 0 Å². The van der Waals surface area contributed by atoms with Gasteiger partial charge in [-0.3, -0.25) is 0 Å². The van der Waals surface area contributed by atoms with Crippen LogP contribution in [0.1, 0.15) is 54.4 Å². The summed E-state index contributed by atoms with van der Waals surface area (Å²) in [5.41, 5.74) is -0.0733. The van der Waals surface area contributed by atoms with Gasteiger partial charge in [0.25, 0.3) is 6.92 Å². The molecule has 0 fully saturated rings. The molecular formula is C12H27BO2. The summed E-state index contributed by atoms with van der Waals surface area (Å²) in [6.45, 7) is 15.7. The number of hydrogen-bond donors (Lipinski definition) is 0. The molecule has 0 aromatic rings. The molecule has 0 aliphatic heterocycles. The second-order valence-electron chi connectivity index (χ2n) is 5.53. The predicted octanol–water partition coefficient (Wildman–Crippen LogP) is 3.98. The van der Waals surface area contributed by atoms with E-state index in [2.05, 4.69) is 48.4 Å². The zero-order chi connectivity index (χ0) is 12.1. The molecule has 0 atom stereocenters. The third kappa shape index (κ3) is 5.57. The van der Waals surface area contributed by atoms with Crippen LogP contribution in [0.3, 0.4) is 0 Å². The van der Waals surface area contributed by atoms with Crippen molar-refractivity contribution in [2.75, 3.05) is 6.79 Å². The van der Waals surface area contributed by atoms with E-state index in [1.54, 1.807) is 0 Å². The molecule has 3 heteroatoms. The van der Waals surface area contributed by atoms with Crippen LogP contribution in [0, 0.1) is 0 Å². The Bertz CT molecular complexity index is 178. The average molecular weight is 214 g/mol. The van der Waals surface area contributed by atoms with Crippen molar-refractivity contribution in [3.63, 3.8) is 0 Å². The highest BCUT2D eigenvalue weighted by Crippen LogP contribution is 2.32. The lowest BCUT2D eigenvalue weighted by molar-refractivity contribution is -0.0903. The van der Waals surface area contributed by atoms with E-state index in [0.717, 1.165) is 12.8 Å². The van der Waals surface area contributed by atoms with Gasteiger partial charge in [-0.25, -0.2) is 0 Å². The van der Waals surface area contributed by atoms with Gasteiger partial charge in [0.2, 0.25) is 0 Å². The number of rotatable bonds is 7. The molecule has 0 saturated carbocycles. The van der Waals surface area contributed by atoms with Crippen molar-refractivity contribution in [2.24, 2.45) is 0 Å². The van der Waals surface area contributed by atoms with Crippen molar-refractivity contribution in [1.29, 1.82) is 0 Å². The van der Waals surface area contributed by atoms with E-state index in [4.69, 9.17) is 9.39 Å². The Hall–Kier alpha value is -0.0151. The van der Waals surface area contributed by atoms with Crippen molar-refractivity contribution >= 4 is 6.92 Å². The summed E-state index contributed by atoms with van der Waals surface area (Å²) >= 11 is 0. The lowest BCUT2D eigenvalue weighted by Gasteiger charge is -2.29. The fourth-order valence-electron chi connectivity index (χ4n) is 0.911. The first-order valence-electron chi connectivity index (χ1n) is 6.00. The molecule has 15 heavy (non-hydrogen) atoms. The van der Waals surface area contributed by atoms with Crippen molar-refractivity contribution in [2.45, 2.75) is 72.1 Å². The topological polar surface area (TPSA) is 18.5 Å². The molecule has 90 valence electrons. The van der Waals surface area contributed by atoms with Crippen LogP contribution in [0.2, 0.25) is 12.1 Å². The van der Waals surface area contributed by atoms with Crippen molar-refractivity contribution in [1.82, 2.24) is 0 Å². The number of hydrogen-bond acceptors (Lipinski definition) is 2. The normalized spacial score (nSPS) is 13.0. The summed E-state index contributed by atoms with van der Waals surface area (Å²) in [7, 11) is 0. The molecule has 0 aliphatic rings. The van der Waals surface area contributed by atoms with E-state index in [-0.39, 0.29) is 17.8 Å². The maximum Gasteiger partial charge on any atom is 0.298 e. The van der Waals surface area contributed by atoms with Gasteiger partial charge in [0.1, 0.15) is 6.79 Å². The third-order valence-corrected chi connectivity index (χ3v) is 3.63. The van der Waals surface area contributed by atoms with Crippen LogP contribution in [0.25, 0.3) is 0 Å². The van der Waals surface area contributed by atoms with E-state index in [0.29, 0.717) is 6.79 Å². The Morgan fingerprint density at radius 2 is 1.53 bits per heavy atom. The van der Waals surface area contributed by atoms with Crippen LogP contribution < -0.4 is 0 Å². The van der Waals surface area contributed by atoms with Crippen LogP contribution >= 0.6 is 0 Å². The Kier molecular flexibility index (Phi) is 5.90. The first-order chi connectivity index (χ1) is 6.75. The minimum absolute atomic E-state index is 0.0733. The van der Waals surface area contributed by atoms with Gasteiger partial charge in [0, 0.05) is 0 Å². The standard InChI is InChI=1S/C12H27BO2/c1-8-11(3,4)13(7)15-10-14-12(5,6)9-2/h8-10H2,1-7H3. The van der Waals surface area contributed by atoms with Gasteiger partial charge in [-0.15, -0.1) is 0 Å². The Labute approximate surface area is 95.8 Å². The first-order valence-corrected chi connectivity index (χ1v) is 6.00. The summed E-state index contributed by atoms with van der Waals surface area (Å²) in [5, 5.41) is 0.222. The third-order valence-electron chi connectivity index (χ3n) is 3.63. The van der Waals surface area contributed by atoms with Crippen molar-refractivity contribution in [3.05, 3.63) is 0 Å². The molecule has 0 aliphatic carbocycles. The molecule has 0 aromatic carbocycles. The quantitative estimate of drug-likeness (QED) is 0.471. The molecule has 0 aromatic heterocycles. The summed E-state index contributed by atoms with van der Waals surface area (Å²) < 4.78 is 11.4. The molecule has 0 heterocycles. The maximum absolute atomic E-state index is 5.71. The highest BCUT2D eigenvalue weighted by molar-refractivity contribution is 6.53. The summed E-state index contributed by atoms with van der Waals surface area (Å²) in [6, 6.07) is 0. The fourth-order valence-corrected chi connectivity index (χ4v) is 0.911. The molecular weight excluding hydrogens is 187 g/mol. The van der Waals surface area contributed by atoms with Gasteiger partial charge < -0.3 is 9.39 Å². The molecule has 0 amide bonds. The summed E-state index contributed by atoms with van der Waals surface area (Å²) in [4.78, 5) is 0. The second kappa shape index (κ2) is 5.90. The predicted molar refractivity (Wildman–Crippen MR) is 67.4 cm³/mol. The molecule has 0 saturated heterocycles. The van der Waals surface area contributed by atoms with Gasteiger partial charge in [-0.1, -0.05) is 40.9 Å². The van der Waals surface area contributed by atoms with Crippen molar-refractivity contribution in [3.8, 4) is 0 Å². The first kappa shape index (κ1) is 15.0. The molecule has 0 spiro atoms. The summed E-state index contributed by atoms with van der Waals surface area (Å²) in [6.07, 6.45) is 2.12. The van der Waals surface area contributed by atoms with E-state index in [9.17, 15) is 0 Å². The van der Waals surface area contributed by atoms with Gasteiger partial charge in [-0.2, -0.15) is 0 Å². The van der Waals surface area contributed by atoms with Crippen molar-refractivity contribution < 1.29 is 9.39 Å². The second-order valence-corrected chi connectivity index (χ2v) is 5.53. The minimum atomic E-state index is -0.0733. The summed E-state index contributed by atoms with van der Waals surface area (Å²) in [5.74, 6) is 0. The Morgan fingerprint density at radius 1 is 1.00 bits per heavy atom. The highest BCUT2D eigenvalue weighted by Gasteiger charge is 2.29. The smallest absolute Gasteiger partial charge is 0.298 e. The highest BCUT2D eigenvalue weighted by atomic mass is 16.7. The van der Waals surface area contributed by atoms with Crippen LogP contribution in [0.4, 0.5) is 0 Å². The zero-order valence-electron chi connectivity index (χ0n) is 11.5. The van der Waals surface area contributed by atoms with Gasteiger partial charge in [-0.05, 0) is 25.6 Å². The fraction of sp³-hybridized carbons (Fsp3) is 1.00. The number of ether oxygens (including phenoxy) is 1. The van der Waals surface area contributed by atoms with E-state index < -0.39 is 0 Å². The molecule has 0 rings (SSSR count). The maximum atomic E-state index is 5.71. The average Bonchev–Trinajstić information content (AvgIpc) is 2.17. The SMILES string of the molecule is CCC(C)(C)OCOB(C)C(C)(C)CC. The molecule has 0 unspecified atom stereocenters. The van der Waals surface area contributed by atoms with E-state index in [1.807, 2.05) is 0 Å². The zero-order valence-corrected chi connectivity index (χ0v) is 11.5. The molecule has 2 nitrogen and oxygen atoms in total. The minimum Gasteiger partial charge on any atom is -0.414 e. The van der Waals surface area contributed by atoms with Crippen LogP contribution in [-0.2, 0) is 9.39 Å².